The van der Waals surface area contributed by atoms with Gasteiger partial charge in [0.15, 0.2) is 0 Å². The maximum Gasteiger partial charge on any atom is 0.0443 e. The van der Waals surface area contributed by atoms with Gasteiger partial charge in [-0.3, -0.25) is 0 Å². The van der Waals surface area contributed by atoms with Crippen LogP contribution in [0.4, 0.5) is 0 Å². The second kappa shape index (κ2) is 4.22. The molecule has 1 atom stereocenters. The van der Waals surface area contributed by atoms with Gasteiger partial charge in [0.2, 0.25) is 0 Å². The smallest absolute Gasteiger partial charge is 0.0443 e. The van der Waals surface area contributed by atoms with Gasteiger partial charge in [-0.15, -0.1) is 11.3 Å². The van der Waals surface area contributed by atoms with E-state index in [2.05, 4.69) is 22.8 Å². The van der Waals surface area contributed by atoms with Gasteiger partial charge in [-0.2, -0.15) is 0 Å². The molecular formula is C10H16N2S. The van der Waals surface area contributed by atoms with E-state index in [4.69, 9.17) is 5.73 Å². The van der Waals surface area contributed by atoms with Crippen molar-refractivity contribution in [1.82, 2.24) is 5.32 Å². The van der Waals surface area contributed by atoms with Crippen LogP contribution in [0.3, 0.4) is 0 Å². The molecule has 1 aromatic heterocycles. The van der Waals surface area contributed by atoms with Crippen LogP contribution >= 0.6 is 11.3 Å². The van der Waals surface area contributed by atoms with Crippen LogP contribution in [-0.2, 0) is 0 Å². The van der Waals surface area contributed by atoms with Crippen molar-refractivity contribution in [3.05, 3.63) is 22.4 Å². The zero-order chi connectivity index (χ0) is 9.10. The van der Waals surface area contributed by atoms with Gasteiger partial charge in [-0.25, -0.2) is 0 Å². The zero-order valence-electron chi connectivity index (χ0n) is 7.70. The molecule has 1 saturated carbocycles. The molecule has 0 radical (unpaired) electrons. The van der Waals surface area contributed by atoms with Crippen LogP contribution in [0.5, 0.6) is 0 Å². The Kier molecular flexibility index (Phi) is 2.98. The lowest BCUT2D eigenvalue weighted by Gasteiger charge is -2.15. The third-order valence-electron chi connectivity index (χ3n) is 2.45. The van der Waals surface area contributed by atoms with Crippen LogP contribution in [0.2, 0.25) is 0 Å². The normalized spacial score (nSPS) is 18.8. The van der Waals surface area contributed by atoms with E-state index in [9.17, 15) is 0 Å². The molecule has 0 bridgehead atoms. The molecule has 1 heterocycles. The number of nitrogens with two attached hydrogens (primary N) is 1. The Morgan fingerprint density at radius 1 is 1.62 bits per heavy atom. The van der Waals surface area contributed by atoms with E-state index in [1.165, 1.54) is 17.7 Å². The standard InChI is InChI=1S/C10H16N2S/c11-5-6-12-10(8-3-4-8)9-2-1-7-13-9/h1-2,7-8,10,12H,3-6,11H2. The molecule has 3 N–H and O–H groups in total. The fourth-order valence-corrected chi connectivity index (χ4v) is 2.53. The second-order valence-electron chi connectivity index (χ2n) is 3.57. The van der Waals surface area contributed by atoms with Crippen molar-refractivity contribution < 1.29 is 0 Å². The first-order chi connectivity index (χ1) is 6.42. The van der Waals surface area contributed by atoms with E-state index >= 15 is 0 Å². The van der Waals surface area contributed by atoms with E-state index in [1.807, 2.05) is 11.3 Å². The summed E-state index contributed by atoms with van der Waals surface area (Å²) in [7, 11) is 0. The van der Waals surface area contributed by atoms with Crippen LogP contribution in [0.15, 0.2) is 17.5 Å². The molecule has 3 heteroatoms. The number of rotatable bonds is 5. The summed E-state index contributed by atoms with van der Waals surface area (Å²) in [4.78, 5) is 1.47. The second-order valence-corrected chi connectivity index (χ2v) is 4.55. The van der Waals surface area contributed by atoms with Gasteiger partial charge in [0.1, 0.15) is 0 Å². The van der Waals surface area contributed by atoms with Crippen LogP contribution in [0, 0.1) is 5.92 Å². The molecule has 1 fully saturated rings. The third-order valence-corrected chi connectivity index (χ3v) is 3.41. The van der Waals surface area contributed by atoms with Gasteiger partial charge in [0, 0.05) is 24.0 Å². The largest absolute Gasteiger partial charge is 0.329 e. The third kappa shape index (κ3) is 2.30. The van der Waals surface area contributed by atoms with Crippen LogP contribution < -0.4 is 11.1 Å². The molecule has 2 rings (SSSR count). The maximum absolute atomic E-state index is 5.49. The SMILES string of the molecule is NCCNC(c1cccs1)C1CC1. The van der Waals surface area contributed by atoms with Crippen molar-refractivity contribution in [2.24, 2.45) is 11.7 Å². The van der Waals surface area contributed by atoms with E-state index < -0.39 is 0 Å². The van der Waals surface area contributed by atoms with Gasteiger partial charge >= 0.3 is 0 Å². The minimum atomic E-state index is 0.573. The van der Waals surface area contributed by atoms with Crippen molar-refractivity contribution in [3.63, 3.8) is 0 Å². The Labute approximate surface area is 83.1 Å². The van der Waals surface area contributed by atoms with Crippen molar-refractivity contribution >= 4 is 11.3 Å². The molecule has 0 saturated heterocycles. The highest BCUT2D eigenvalue weighted by molar-refractivity contribution is 7.10. The minimum Gasteiger partial charge on any atom is -0.329 e. The summed E-state index contributed by atoms with van der Waals surface area (Å²) in [6.07, 6.45) is 2.75. The van der Waals surface area contributed by atoms with Gasteiger partial charge in [0.05, 0.1) is 0 Å². The summed E-state index contributed by atoms with van der Waals surface area (Å²) in [5.74, 6) is 0.866. The zero-order valence-corrected chi connectivity index (χ0v) is 8.52. The van der Waals surface area contributed by atoms with E-state index in [1.54, 1.807) is 0 Å². The quantitative estimate of drug-likeness (QED) is 0.753. The lowest BCUT2D eigenvalue weighted by Crippen LogP contribution is -2.27. The van der Waals surface area contributed by atoms with Crippen LogP contribution in [0.1, 0.15) is 23.8 Å². The average Bonchev–Trinajstić information content (AvgIpc) is 2.82. The summed E-state index contributed by atoms with van der Waals surface area (Å²) in [6.45, 7) is 1.66. The summed E-state index contributed by atoms with van der Waals surface area (Å²) in [5, 5.41) is 5.67. The van der Waals surface area contributed by atoms with Crippen molar-refractivity contribution in [1.29, 1.82) is 0 Å². The Bertz CT molecular complexity index is 241. The topological polar surface area (TPSA) is 38.0 Å². The molecule has 0 spiro atoms. The molecule has 0 aromatic carbocycles. The van der Waals surface area contributed by atoms with Gasteiger partial charge in [-0.05, 0) is 30.2 Å². The van der Waals surface area contributed by atoms with Crippen LogP contribution in [-0.4, -0.2) is 13.1 Å². The van der Waals surface area contributed by atoms with Gasteiger partial charge in [-0.1, -0.05) is 6.07 Å². The predicted octanol–water partition coefficient (Wildman–Crippen LogP) is 1.75. The summed E-state index contributed by atoms with van der Waals surface area (Å²) >= 11 is 1.85. The molecule has 0 aliphatic heterocycles. The molecular weight excluding hydrogens is 180 g/mol. The summed E-state index contributed by atoms with van der Waals surface area (Å²) in [5.41, 5.74) is 5.49. The summed E-state index contributed by atoms with van der Waals surface area (Å²) < 4.78 is 0. The Morgan fingerprint density at radius 2 is 2.46 bits per heavy atom. The molecule has 1 unspecified atom stereocenters. The molecule has 0 amide bonds. The molecule has 72 valence electrons. The van der Waals surface area contributed by atoms with Crippen molar-refractivity contribution in [2.75, 3.05) is 13.1 Å². The highest BCUT2D eigenvalue weighted by Gasteiger charge is 2.32. The fourth-order valence-electron chi connectivity index (χ4n) is 1.64. The maximum atomic E-state index is 5.49. The van der Waals surface area contributed by atoms with E-state index in [0.29, 0.717) is 6.04 Å². The number of nitrogens with one attached hydrogen (secondary N) is 1. The average molecular weight is 196 g/mol. The van der Waals surface area contributed by atoms with Gasteiger partial charge < -0.3 is 11.1 Å². The molecule has 2 nitrogen and oxygen atoms in total. The highest BCUT2D eigenvalue weighted by atomic mass is 32.1. The van der Waals surface area contributed by atoms with Gasteiger partial charge in [0.25, 0.3) is 0 Å². The Hall–Kier alpha value is -0.380. The van der Waals surface area contributed by atoms with E-state index in [0.717, 1.165) is 19.0 Å². The predicted molar refractivity (Wildman–Crippen MR) is 56.8 cm³/mol. The minimum absolute atomic E-state index is 0.573. The lowest BCUT2D eigenvalue weighted by molar-refractivity contribution is 0.495. The van der Waals surface area contributed by atoms with Crippen LogP contribution in [0.25, 0.3) is 0 Å². The summed E-state index contributed by atoms with van der Waals surface area (Å²) in [6, 6.07) is 4.92. The number of hydrogen-bond acceptors (Lipinski definition) is 3. The number of hydrogen-bond donors (Lipinski definition) is 2. The van der Waals surface area contributed by atoms with Crippen molar-refractivity contribution in [3.8, 4) is 0 Å². The first-order valence-corrected chi connectivity index (χ1v) is 5.76. The first kappa shape index (κ1) is 9.19. The molecule has 1 aliphatic carbocycles. The van der Waals surface area contributed by atoms with E-state index in [-0.39, 0.29) is 0 Å². The lowest BCUT2D eigenvalue weighted by atomic mass is 10.1. The molecule has 1 aliphatic rings. The Balaban J connectivity index is 1.97. The monoisotopic (exact) mass is 196 g/mol. The first-order valence-electron chi connectivity index (χ1n) is 4.88. The highest BCUT2D eigenvalue weighted by Crippen LogP contribution is 2.42. The van der Waals surface area contributed by atoms with Crippen molar-refractivity contribution in [2.45, 2.75) is 18.9 Å². The number of thiophene rings is 1. The molecule has 1 aromatic rings. The Morgan fingerprint density at radius 3 is 3.00 bits per heavy atom. The molecule has 13 heavy (non-hydrogen) atoms. The fraction of sp³-hybridized carbons (Fsp3) is 0.600.